The molecule has 0 fully saturated rings. The Morgan fingerprint density at radius 3 is 2.00 bits per heavy atom. The fraction of sp³-hybridized carbons (Fsp3) is 0.500. The van der Waals surface area contributed by atoms with Crippen molar-refractivity contribution in [1.29, 1.82) is 0 Å². The maximum Gasteiger partial charge on any atom is 0.0444 e. The molecule has 0 amide bonds. The average molecular weight is 212 g/mol. The van der Waals surface area contributed by atoms with Crippen molar-refractivity contribution in [3.05, 3.63) is 34.9 Å². The molecule has 0 aliphatic heterocycles. The summed E-state index contributed by atoms with van der Waals surface area (Å²) in [5.41, 5.74) is 6.83. The van der Waals surface area contributed by atoms with Gasteiger partial charge in [0.2, 0.25) is 0 Å². The molecular formula is C12H18ClN. The highest BCUT2D eigenvalue weighted by atomic mass is 35.5. The highest BCUT2D eigenvalue weighted by molar-refractivity contribution is 6.31. The summed E-state index contributed by atoms with van der Waals surface area (Å²) >= 11 is 6.16. The van der Waals surface area contributed by atoms with E-state index in [1.165, 1.54) is 0 Å². The van der Waals surface area contributed by atoms with Crippen molar-refractivity contribution in [1.82, 2.24) is 0 Å². The van der Waals surface area contributed by atoms with E-state index in [9.17, 15) is 0 Å². The Labute approximate surface area is 91.3 Å². The molecule has 0 spiro atoms. The Bertz CT molecular complexity index is 323. The lowest BCUT2D eigenvalue weighted by Crippen LogP contribution is -2.50. The van der Waals surface area contributed by atoms with Gasteiger partial charge >= 0.3 is 0 Å². The van der Waals surface area contributed by atoms with E-state index < -0.39 is 0 Å². The molecule has 1 aromatic rings. The minimum atomic E-state index is -0.294. The molecule has 78 valence electrons. The molecule has 0 bridgehead atoms. The molecule has 0 heterocycles. The summed E-state index contributed by atoms with van der Waals surface area (Å²) in [7, 11) is 0. The highest BCUT2D eigenvalue weighted by Crippen LogP contribution is 2.36. The molecule has 14 heavy (non-hydrogen) atoms. The predicted molar refractivity (Wildman–Crippen MR) is 62.7 cm³/mol. The number of halogens is 1. The van der Waals surface area contributed by atoms with Gasteiger partial charge in [0.15, 0.2) is 0 Å². The van der Waals surface area contributed by atoms with Crippen LogP contribution in [0.4, 0.5) is 0 Å². The predicted octanol–water partition coefficient (Wildman–Crippen LogP) is 3.35. The lowest BCUT2D eigenvalue weighted by molar-refractivity contribution is 0.306. The molecule has 0 aliphatic carbocycles. The van der Waals surface area contributed by atoms with Crippen molar-refractivity contribution < 1.29 is 0 Å². The van der Waals surface area contributed by atoms with Gasteiger partial charge < -0.3 is 5.73 Å². The van der Waals surface area contributed by atoms with Crippen molar-refractivity contribution >= 4 is 11.6 Å². The molecule has 0 saturated carbocycles. The molecule has 1 nitrogen and oxygen atoms in total. The molecule has 2 N–H and O–H groups in total. The lowest BCUT2D eigenvalue weighted by atomic mass is 9.70. The number of hydrogen-bond acceptors (Lipinski definition) is 1. The zero-order chi connectivity index (χ0) is 11.0. The third kappa shape index (κ3) is 1.94. The van der Waals surface area contributed by atoms with Crippen molar-refractivity contribution in [3.8, 4) is 0 Å². The van der Waals surface area contributed by atoms with Crippen LogP contribution < -0.4 is 5.73 Å². The van der Waals surface area contributed by atoms with Crippen molar-refractivity contribution in [2.75, 3.05) is 0 Å². The molecule has 0 unspecified atom stereocenters. The Morgan fingerprint density at radius 2 is 1.57 bits per heavy atom. The van der Waals surface area contributed by atoms with Gasteiger partial charge in [-0.05, 0) is 25.5 Å². The SMILES string of the molecule is CC(C)(N)C(C)(C)c1ccccc1Cl. The van der Waals surface area contributed by atoms with Crippen molar-refractivity contribution in [3.63, 3.8) is 0 Å². The van der Waals surface area contributed by atoms with E-state index in [1.807, 2.05) is 38.1 Å². The third-order valence-electron chi connectivity index (χ3n) is 3.16. The van der Waals surface area contributed by atoms with E-state index in [2.05, 4.69) is 13.8 Å². The summed E-state index contributed by atoms with van der Waals surface area (Å²) < 4.78 is 0. The molecule has 0 radical (unpaired) electrons. The van der Waals surface area contributed by atoms with Crippen LogP contribution in [0.25, 0.3) is 0 Å². The first-order chi connectivity index (χ1) is 6.27. The second-order valence-corrected chi connectivity index (χ2v) is 5.23. The maximum absolute atomic E-state index is 6.16. The summed E-state index contributed by atoms with van der Waals surface area (Å²) in [6.07, 6.45) is 0. The summed E-state index contributed by atoms with van der Waals surface area (Å²) in [4.78, 5) is 0. The minimum absolute atomic E-state index is 0.134. The normalized spacial score (nSPS) is 13.0. The van der Waals surface area contributed by atoms with E-state index >= 15 is 0 Å². The fourth-order valence-electron chi connectivity index (χ4n) is 1.32. The van der Waals surface area contributed by atoms with Crippen LogP contribution in [-0.4, -0.2) is 5.54 Å². The first-order valence-electron chi connectivity index (χ1n) is 4.81. The van der Waals surface area contributed by atoms with Gasteiger partial charge in [0.1, 0.15) is 0 Å². The summed E-state index contributed by atoms with van der Waals surface area (Å²) in [6.45, 7) is 8.29. The fourth-order valence-corrected chi connectivity index (χ4v) is 1.69. The van der Waals surface area contributed by atoms with Crippen LogP contribution in [0.1, 0.15) is 33.3 Å². The molecule has 1 rings (SSSR count). The van der Waals surface area contributed by atoms with Gasteiger partial charge in [-0.25, -0.2) is 0 Å². The van der Waals surface area contributed by atoms with Crippen LogP contribution in [0.2, 0.25) is 5.02 Å². The monoisotopic (exact) mass is 211 g/mol. The lowest BCUT2D eigenvalue weighted by Gasteiger charge is -2.39. The van der Waals surface area contributed by atoms with E-state index in [4.69, 9.17) is 17.3 Å². The number of hydrogen-bond donors (Lipinski definition) is 1. The van der Waals surface area contributed by atoms with Gasteiger partial charge in [-0.1, -0.05) is 43.6 Å². The molecule has 1 aromatic carbocycles. The van der Waals surface area contributed by atoms with Crippen molar-refractivity contribution in [2.24, 2.45) is 5.73 Å². The molecule has 0 aliphatic rings. The minimum Gasteiger partial charge on any atom is -0.325 e. The largest absolute Gasteiger partial charge is 0.325 e. The summed E-state index contributed by atoms with van der Waals surface area (Å²) in [5.74, 6) is 0. The second-order valence-electron chi connectivity index (χ2n) is 4.83. The van der Waals surface area contributed by atoms with E-state index in [0.29, 0.717) is 0 Å². The van der Waals surface area contributed by atoms with Gasteiger partial charge in [-0.3, -0.25) is 0 Å². The Morgan fingerprint density at radius 1 is 1.07 bits per heavy atom. The Hall–Kier alpha value is -0.530. The van der Waals surface area contributed by atoms with Crippen LogP contribution in [0.15, 0.2) is 24.3 Å². The van der Waals surface area contributed by atoms with E-state index in [-0.39, 0.29) is 11.0 Å². The average Bonchev–Trinajstić information content (AvgIpc) is 2.02. The Kier molecular flexibility index (Phi) is 2.93. The molecular weight excluding hydrogens is 194 g/mol. The topological polar surface area (TPSA) is 26.0 Å². The van der Waals surface area contributed by atoms with Gasteiger partial charge in [0.05, 0.1) is 0 Å². The summed E-state index contributed by atoms with van der Waals surface area (Å²) in [6, 6.07) is 7.88. The van der Waals surface area contributed by atoms with Crippen LogP contribution in [0.3, 0.4) is 0 Å². The zero-order valence-electron chi connectivity index (χ0n) is 9.26. The van der Waals surface area contributed by atoms with Crippen molar-refractivity contribution in [2.45, 2.75) is 38.6 Å². The first-order valence-corrected chi connectivity index (χ1v) is 5.18. The smallest absolute Gasteiger partial charge is 0.0444 e. The standard InChI is InChI=1S/C12H18ClN/c1-11(2,12(3,4)14)9-7-5-6-8-10(9)13/h5-8H,14H2,1-4H3. The number of rotatable bonds is 2. The van der Waals surface area contributed by atoms with Gasteiger partial charge in [-0.2, -0.15) is 0 Å². The van der Waals surface area contributed by atoms with Gasteiger partial charge in [0, 0.05) is 16.0 Å². The first kappa shape index (κ1) is 11.5. The van der Waals surface area contributed by atoms with Crippen LogP contribution >= 0.6 is 11.6 Å². The highest BCUT2D eigenvalue weighted by Gasteiger charge is 2.36. The second kappa shape index (κ2) is 3.56. The molecule has 0 saturated heterocycles. The zero-order valence-corrected chi connectivity index (χ0v) is 10.0. The van der Waals surface area contributed by atoms with E-state index in [0.717, 1.165) is 10.6 Å². The summed E-state index contributed by atoms with van der Waals surface area (Å²) in [5, 5.41) is 0.788. The van der Waals surface area contributed by atoms with E-state index in [1.54, 1.807) is 0 Å². The van der Waals surface area contributed by atoms with Gasteiger partial charge in [0.25, 0.3) is 0 Å². The third-order valence-corrected chi connectivity index (χ3v) is 3.49. The number of nitrogens with two attached hydrogens (primary N) is 1. The maximum atomic E-state index is 6.16. The quantitative estimate of drug-likeness (QED) is 0.798. The van der Waals surface area contributed by atoms with Gasteiger partial charge in [-0.15, -0.1) is 0 Å². The molecule has 0 aromatic heterocycles. The number of benzene rings is 1. The van der Waals surface area contributed by atoms with Crippen LogP contribution in [0, 0.1) is 0 Å². The van der Waals surface area contributed by atoms with Crippen LogP contribution in [0.5, 0.6) is 0 Å². The molecule has 2 heteroatoms. The van der Waals surface area contributed by atoms with Crippen LogP contribution in [-0.2, 0) is 5.41 Å². The Balaban J connectivity index is 3.23. The molecule has 0 atom stereocenters.